The number of rotatable bonds is 2. The number of aromatic amines is 1. The van der Waals surface area contributed by atoms with Gasteiger partial charge in [-0.1, -0.05) is 6.07 Å². The smallest absolute Gasteiger partial charge is 0.255 e. The van der Waals surface area contributed by atoms with Crippen molar-refractivity contribution in [3.8, 4) is 0 Å². The van der Waals surface area contributed by atoms with Crippen LogP contribution in [0, 0.1) is 5.92 Å². The summed E-state index contributed by atoms with van der Waals surface area (Å²) in [5, 5.41) is 5.04. The number of H-pyrrole nitrogens is 1. The van der Waals surface area contributed by atoms with Gasteiger partial charge in [0.05, 0.1) is 4.90 Å². The number of nitrogens with zero attached hydrogens (tertiary/aromatic N) is 1. The first-order valence-corrected chi connectivity index (χ1v) is 9.35. The number of nitrogens with one attached hydrogen (secondary N) is 2. The molecule has 2 N–H and O–H groups in total. The molecule has 1 spiro atoms. The van der Waals surface area contributed by atoms with Crippen molar-refractivity contribution >= 4 is 21.8 Å². The van der Waals surface area contributed by atoms with E-state index in [-0.39, 0.29) is 11.1 Å². The summed E-state index contributed by atoms with van der Waals surface area (Å²) in [6.45, 7) is 1.98. The van der Waals surface area contributed by atoms with Crippen LogP contribution in [0.3, 0.4) is 0 Å². The first-order valence-electron chi connectivity index (χ1n) is 8.24. The van der Waals surface area contributed by atoms with Crippen molar-refractivity contribution < 1.29 is 4.21 Å². The number of fused-ring (bicyclic) bond motifs is 3. The quantitative estimate of drug-likeness (QED) is 0.875. The maximum Gasteiger partial charge on any atom is 0.255 e. The first-order chi connectivity index (χ1) is 11.2. The summed E-state index contributed by atoms with van der Waals surface area (Å²) in [7, 11) is -1.22. The standard InChI is InChI=1S/C17H19N3O2S/c21-16-13-2-1-3-14(12(13)5-9-19-16)23(22)20-10-11-4-8-18-15(11)17(20)6-7-17/h1-3,5,9,11,15,18H,4,6-8,10H2,(H,19,21). The first kappa shape index (κ1) is 13.9. The predicted molar refractivity (Wildman–Crippen MR) is 89.5 cm³/mol. The third-order valence-corrected chi connectivity index (χ3v) is 7.40. The molecule has 1 saturated carbocycles. The van der Waals surface area contributed by atoms with Crippen molar-refractivity contribution in [3.63, 3.8) is 0 Å². The van der Waals surface area contributed by atoms with E-state index in [2.05, 4.69) is 14.6 Å². The van der Waals surface area contributed by atoms with Crippen LogP contribution in [0.25, 0.3) is 10.8 Å². The highest BCUT2D eigenvalue weighted by atomic mass is 32.2. The lowest BCUT2D eigenvalue weighted by molar-refractivity contribution is 0.350. The van der Waals surface area contributed by atoms with Crippen LogP contribution in [0.5, 0.6) is 0 Å². The van der Waals surface area contributed by atoms with Gasteiger partial charge in [-0.2, -0.15) is 0 Å². The van der Waals surface area contributed by atoms with Crippen molar-refractivity contribution in [2.24, 2.45) is 5.92 Å². The van der Waals surface area contributed by atoms with E-state index in [1.807, 2.05) is 18.2 Å². The van der Waals surface area contributed by atoms with E-state index >= 15 is 0 Å². The van der Waals surface area contributed by atoms with E-state index in [0.717, 1.165) is 36.2 Å². The third-order valence-electron chi connectivity index (χ3n) is 5.75. The van der Waals surface area contributed by atoms with E-state index in [0.29, 0.717) is 17.3 Å². The Hall–Kier alpha value is -1.50. The van der Waals surface area contributed by atoms with Gasteiger partial charge in [-0.25, -0.2) is 8.51 Å². The summed E-state index contributed by atoms with van der Waals surface area (Å²) in [5.74, 6) is 0.611. The van der Waals surface area contributed by atoms with Gasteiger partial charge in [-0.15, -0.1) is 0 Å². The van der Waals surface area contributed by atoms with Crippen LogP contribution < -0.4 is 10.9 Å². The molecule has 5 rings (SSSR count). The lowest BCUT2D eigenvalue weighted by atomic mass is 9.99. The van der Waals surface area contributed by atoms with Gasteiger partial charge in [0.1, 0.15) is 11.0 Å². The fraction of sp³-hybridized carbons (Fsp3) is 0.471. The Labute approximate surface area is 136 Å². The van der Waals surface area contributed by atoms with E-state index in [4.69, 9.17) is 0 Å². The fourth-order valence-corrected chi connectivity index (χ4v) is 6.27. The summed E-state index contributed by atoms with van der Waals surface area (Å²) in [4.78, 5) is 15.5. The van der Waals surface area contributed by atoms with E-state index < -0.39 is 11.0 Å². The monoisotopic (exact) mass is 329 g/mol. The lowest BCUT2D eigenvalue weighted by Crippen LogP contribution is -2.44. The van der Waals surface area contributed by atoms with Crippen molar-refractivity contribution in [2.45, 2.75) is 35.7 Å². The predicted octanol–water partition coefficient (Wildman–Crippen LogP) is 1.38. The summed E-state index contributed by atoms with van der Waals surface area (Å²) in [6.07, 6.45) is 5.06. The van der Waals surface area contributed by atoms with Crippen molar-refractivity contribution in [3.05, 3.63) is 40.8 Å². The second-order valence-corrected chi connectivity index (χ2v) is 8.30. The summed E-state index contributed by atoms with van der Waals surface area (Å²) in [5.41, 5.74) is -0.0440. The van der Waals surface area contributed by atoms with Crippen molar-refractivity contribution in [1.29, 1.82) is 0 Å². The maximum absolute atomic E-state index is 13.4. The van der Waals surface area contributed by atoms with Gasteiger partial charge >= 0.3 is 0 Å². The highest BCUT2D eigenvalue weighted by Crippen LogP contribution is 2.54. The molecule has 3 unspecified atom stereocenters. The van der Waals surface area contributed by atoms with Crippen LogP contribution >= 0.6 is 0 Å². The number of hydrogen-bond donors (Lipinski definition) is 2. The molecule has 6 heteroatoms. The number of hydrogen-bond acceptors (Lipinski definition) is 3. The molecule has 1 aliphatic carbocycles. The van der Waals surface area contributed by atoms with Gasteiger partial charge in [0.2, 0.25) is 0 Å². The summed E-state index contributed by atoms with van der Waals surface area (Å²) >= 11 is 0. The Morgan fingerprint density at radius 3 is 2.91 bits per heavy atom. The molecule has 0 bridgehead atoms. The molecule has 1 aromatic heterocycles. The topological polar surface area (TPSA) is 65.2 Å². The van der Waals surface area contributed by atoms with Gasteiger partial charge < -0.3 is 10.3 Å². The molecule has 3 heterocycles. The van der Waals surface area contributed by atoms with Gasteiger partial charge in [-0.05, 0) is 49.9 Å². The van der Waals surface area contributed by atoms with Crippen LogP contribution in [0.4, 0.5) is 0 Å². The molecule has 1 aromatic carbocycles. The zero-order valence-electron chi connectivity index (χ0n) is 12.7. The molecule has 2 aromatic rings. The second-order valence-electron chi connectivity index (χ2n) is 6.92. The van der Waals surface area contributed by atoms with E-state index in [9.17, 15) is 9.00 Å². The fourth-order valence-electron chi connectivity index (χ4n) is 4.52. The number of aromatic nitrogens is 1. The minimum absolute atomic E-state index is 0.0788. The Kier molecular flexibility index (Phi) is 2.87. The van der Waals surface area contributed by atoms with Gasteiger partial charge in [0.25, 0.3) is 5.56 Å². The zero-order valence-corrected chi connectivity index (χ0v) is 13.6. The van der Waals surface area contributed by atoms with Crippen molar-refractivity contribution in [2.75, 3.05) is 13.1 Å². The normalized spacial score (nSPS) is 29.9. The molecule has 5 nitrogen and oxygen atoms in total. The van der Waals surface area contributed by atoms with Crippen LogP contribution in [0.15, 0.2) is 40.2 Å². The minimum atomic E-state index is -1.22. The summed E-state index contributed by atoms with van der Waals surface area (Å²) < 4.78 is 15.6. The Morgan fingerprint density at radius 1 is 1.22 bits per heavy atom. The molecular formula is C17H19N3O2S. The molecule has 2 saturated heterocycles. The molecule has 23 heavy (non-hydrogen) atoms. The van der Waals surface area contributed by atoms with Crippen LogP contribution in [0.1, 0.15) is 19.3 Å². The average Bonchev–Trinajstić information content (AvgIpc) is 3.12. The maximum atomic E-state index is 13.4. The van der Waals surface area contributed by atoms with Crippen LogP contribution in [-0.4, -0.2) is 38.2 Å². The second kappa shape index (κ2) is 4.75. The zero-order chi connectivity index (χ0) is 15.6. The van der Waals surface area contributed by atoms with Gasteiger partial charge in [-0.3, -0.25) is 4.79 Å². The number of benzene rings is 1. The summed E-state index contributed by atoms with van der Waals surface area (Å²) in [6, 6.07) is 7.88. The molecule has 3 aliphatic rings. The highest BCUT2D eigenvalue weighted by molar-refractivity contribution is 7.83. The Balaban J connectivity index is 1.60. The molecule has 3 atom stereocenters. The van der Waals surface area contributed by atoms with Crippen LogP contribution in [-0.2, 0) is 11.0 Å². The van der Waals surface area contributed by atoms with Crippen molar-refractivity contribution in [1.82, 2.24) is 14.6 Å². The van der Waals surface area contributed by atoms with E-state index in [1.165, 1.54) is 6.42 Å². The third kappa shape index (κ3) is 1.86. The van der Waals surface area contributed by atoms with E-state index in [1.54, 1.807) is 12.3 Å². The molecule has 3 fully saturated rings. The van der Waals surface area contributed by atoms with Gasteiger partial charge in [0, 0.05) is 35.1 Å². The Bertz CT molecular complexity index is 874. The SMILES string of the molecule is O=c1[nH]ccc2c(S(=O)N3CC4CCNC4C34CC4)cccc12. The van der Waals surface area contributed by atoms with Crippen LogP contribution in [0.2, 0.25) is 0 Å². The molecular weight excluding hydrogens is 310 g/mol. The number of pyridine rings is 1. The molecule has 0 radical (unpaired) electrons. The Morgan fingerprint density at radius 2 is 2.09 bits per heavy atom. The molecule has 2 aliphatic heterocycles. The minimum Gasteiger partial charge on any atom is -0.329 e. The highest BCUT2D eigenvalue weighted by Gasteiger charge is 2.63. The largest absolute Gasteiger partial charge is 0.329 e. The molecule has 0 amide bonds. The lowest BCUT2D eigenvalue weighted by Gasteiger charge is -2.27. The average molecular weight is 329 g/mol. The molecule has 120 valence electrons. The van der Waals surface area contributed by atoms with Gasteiger partial charge in [0.15, 0.2) is 0 Å².